The van der Waals surface area contributed by atoms with Crippen molar-refractivity contribution in [3.8, 4) is 0 Å². The first-order valence-corrected chi connectivity index (χ1v) is 6.55. The number of hydrogen-bond donors (Lipinski definition) is 3. The van der Waals surface area contributed by atoms with Gasteiger partial charge in [0.1, 0.15) is 0 Å². The Bertz CT molecular complexity index is 296. The first-order chi connectivity index (χ1) is 8.54. The van der Waals surface area contributed by atoms with Gasteiger partial charge in [0.25, 0.3) is 0 Å². The molecule has 0 aliphatic carbocycles. The summed E-state index contributed by atoms with van der Waals surface area (Å²) in [7, 11) is 0. The van der Waals surface area contributed by atoms with Crippen LogP contribution < -0.4 is 11.1 Å². The van der Waals surface area contributed by atoms with Crippen LogP contribution in [0.4, 0.5) is 4.79 Å². The van der Waals surface area contributed by atoms with Crippen molar-refractivity contribution in [2.24, 2.45) is 11.7 Å². The van der Waals surface area contributed by atoms with Crippen molar-refractivity contribution >= 4 is 12.0 Å². The molecule has 2 unspecified atom stereocenters. The quantitative estimate of drug-likeness (QED) is 0.672. The zero-order chi connectivity index (χ0) is 13.5. The first kappa shape index (κ1) is 14.8. The summed E-state index contributed by atoms with van der Waals surface area (Å²) < 4.78 is 0. The van der Waals surface area contributed by atoms with Crippen molar-refractivity contribution in [3.63, 3.8) is 0 Å². The van der Waals surface area contributed by atoms with Crippen molar-refractivity contribution < 1.29 is 14.7 Å². The number of urea groups is 1. The van der Waals surface area contributed by atoms with E-state index in [1.54, 1.807) is 4.90 Å². The molecule has 6 heteroatoms. The summed E-state index contributed by atoms with van der Waals surface area (Å²) >= 11 is 0. The van der Waals surface area contributed by atoms with Gasteiger partial charge < -0.3 is 21.1 Å². The number of nitrogens with two attached hydrogens (primary N) is 1. The summed E-state index contributed by atoms with van der Waals surface area (Å²) in [6, 6.07) is -0.164. The normalized spacial score (nSPS) is 21.4. The Hall–Kier alpha value is -1.30. The zero-order valence-electron chi connectivity index (χ0n) is 10.9. The minimum Gasteiger partial charge on any atom is -0.481 e. The van der Waals surface area contributed by atoms with E-state index in [0.717, 1.165) is 19.3 Å². The van der Waals surface area contributed by atoms with Crippen LogP contribution in [-0.2, 0) is 4.79 Å². The van der Waals surface area contributed by atoms with Crippen LogP contribution in [0.5, 0.6) is 0 Å². The largest absolute Gasteiger partial charge is 0.481 e. The Balaban J connectivity index is 2.36. The lowest BCUT2D eigenvalue weighted by atomic mass is 10.0. The Morgan fingerprint density at radius 2 is 2.28 bits per heavy atom. The number of aliphatic carboxylic acids is 1. The number of rotatable bonds is 5. The molecular formula is C12H23N3O3. The Kier molecular flexibility index (Phi) is 5.91. The summed E-state index contributed by atoms with van der Waals surface area (Å²) in [6.07, 6.45) is 3.22. The lowest BCUT2D eigenvalue weighted by molar-refractivity contribution is -0.141. The van der Waals surface area contributed by atoms with Gasteiger partial charge in [0.2, 0.25) is 0 Å². The highest BCUT2D eigenvalue weighted by atomic mass is 16.4. The standard InChI is InChI=1S/C12H23N3O3/c1-2-4-9(11(16)17)7-14-12(18)15-6-3-5-10(13)8-15/h9-10H,2-8,13H2,1H3,(H,14,18)(H,16,17). The zero-order valence-corrected chi connectivity index (χ0v) is 10.9. The molecule has 0 aromatic heterocycles. The van der Waals surface area contributed by atoms with Gasteiger partial charge >= 0.3 is 12.0 Å². The third kappa shape index (κ3) is 4.52. The maximum atomic E-state index is 11.8. The van der Waals surface area contributed by atoms with Gasteiger partial charge in [0.05, 0.1) is 5.92 Å². The number of amides is 2. The second kappa shape index (κ2) is 7.20. The predicted molar refractivity (Wildman–Crippen MR) is 68.2 cm³/mol. The van der Waals surface area contributed by atoms with Gasteiger partial charge in [-0.05, 0) is 19.3 Å². The molecule has 6 nitrogen and oxygen atoms in total. The number of carbonyl (C=O) groups excluding carboxylic acids is 1. The topological polar surface area (TPSA) is 95.7 Å². The number of hydrogen-bond acceptors (Lipinski definition) is 3. The average molecular weight is 257 g/mol. The Labute approximate surface area is 108 Å². The highest BCUT2D eigenvalue weighted by molar-refractivity contribution is 5.76. The van der Waals surface area contributed by atoms with Crippen LogP contribution >= 0.6 is 0 Å². The molecule has 1 aliphatic heterocycles. The first-order valence-electron chi connectivity index (χ1n) is 6.55. The molecule has 0 aromatic carbocycles. The Morgan fingerprint density at radius 1 is 1.56 bits per heavy atom. The molecule has 0 spiro atoms. The van der Waals surface area contributed by atoms with E-state index in [9.17, 15) is 9.59 Å². The fourth-order valence-corrected chi connectivity index (χ4v) is 2.18. The molecule has 1 rings (SSSR count). The molecule has 4 N–H and O–H groups in total. The number of nitrogens with zero attached hydrogens (tertiary/aromatic N) is 1. The van der Waals surface area contributed by atoms with E-state index in [2.05, 4.69) is 5.32 Å². The number of carbonyl (C=O) groups is 2. The van der Waals surface area contributed by atoms with Gasteiger partial charge in [-0.25, -0.2) is 4.79 Å². The molecular weight excluding hydrogens is 234 g/mol. The van der Waals surface area contributed by atoms with E-state index in [0.29, 0.717) is 19.5 Å². The van der Waals surface area contributed by atoms with Gasteiger partial charge in [0.15, 0.2) is 0 Å². The average Bonchev–Trinajstić information content (AvgIpc) is 2.33. The van der Waals surface area contributed by atoms with Crippen molar-refractivity contribution in [2.45, 2.75) is 38.6 Å². The number of carboxylic acids is 1. The van der Waals surface area contributed by atoms with E-state index >= 15 is 0 Å². The van der Waals surface area contributed by atoms with Crippen molar-refractivity contribution in [1.82, 2.24) is 10.2 Å². The van der Waals surface area contributed by atoms with E-state index in [4.69, 9.17) is 10.8 Å². The number of likely N-dealkylation sites (tertiary alicyclic amines) is 1. The van der Waals surface area contributed by atoms with Gasteiger partial charge in [-0.3, -0.25) is 4.79 Å². The van der Waals surface area contributed by atoms with E-state index in [1.165, 1.54) is 0 Å². The van der Waals surface area contributed by atoms with Crippen molar-refractivity contribution in [1.29, 1.82) is 0 Å². The second-order valence-corrected chi connectivity index (χ2v) is 4.86. The van der Waals surface area contributed by atoms with Crippen LogP contribution in [0.2, 0.25) is 0 Å². The smallest absolute Gasteiger partial charge is 0.317 e. The lowest BCUT2D eigenvalue weighted by Gasteiger charge is -2.31. The van der Waals surface area contributed by atoms with Crippen LogP contribution in [0.1, 0.15) is 32.6 Å². The van der Waals surface area contributed by atoms with Crippen molar-refractivity contribution in [3.05, 3.63) is 0 Å². The summed E-state index contributed by atoms with van der Waals surface area (Å²) in [5.41, 5.74) is 5.80. The molecule has 104 valence electrons. The SMILES string of the molecule is CCCC(CNC(=O)N1CCCC(N)C1)C(=O)O. The van der Waals surface area contributed by atoms with Gasteiger partial charge in [-0.1, -0.05) is 13.3 Å². The van der Waals surface area contributed by atoms with Crippen LogP contribution in [-0.4, -0.2) is 47.7 Å². The van der Waals surface area contributed by atoms with E-state index in [-0.39, 0.29) is 18.6 Å². The molecule has 1 fully saturated rings. The third-order valence-electron chi connectivity index (χ3n) is 3.23. The molecule has 0 aromatic rings. The minimum absolute atomic E-state index is 0.0374. The highest BCUT2D eigenvalue weighted by Crippen LogP contribution is 2.09. The second-order valence-electron chi connectivity index (χ2n) is 4.86. The summed E-state index contributed by atoms with van der Waals surface area (Å²) in [5, 5.41) is 11.7. The summed E-state index contributed by atoms with van der Waals surface area (Å²) in [6.45, 7) is 3.37. The fourth-order valence-electron chi connectivity index (χ4n) is 2.18. The minimum atomic E-state index is -0.854. The van der Waals surface area contributed by atoms with Gasteiger partial charge in [-0.2, -0.15) is 0 Å². The number of piperidine rings is 1. The molecule has 1 saturated heterocycles. The van der Waals surface area contributed by atoms with Gasteiger partial charge in [-0.15, -0.1) is 0 Å². The predicted octanol–water partition coefficient (Wildman–Crippen LogP) is 0.620. The molecule has 18 heavy (non-hydrogen) atoms. The maximum absolute atomic E-state index is 11.8. The Morgan fingerprint density at radius 3 is 2.83 bits per heavy atom. The monoisotopic (exact) mass is 257 g/mol. The summed E-state index contributed by atoms with van der Waals surface area (Å²) in [4.78, 5) is 24.5. The van der Waals surface area contributed by atoms with Gasteiger partial charge in [0, 0.05) is 25.7 Å². The van der Waals surface area contributed by atoms with E-state index in [1.807, 2.05) is 6.92 Å². The number of nitrogens with one attached hydrogen (secondary N) is 1. The van der Waals surface area contributed by atoms with Crippen molar-refractivity contribution in [2.75, 3.05) is 19.6 Å². The van der Waals surface area contributed by atoms with Crippen LogP contribution in [0.25, 0.3) is 0 Å². The molecule has 0 saturated carbocycles. The third-order valence-corrected chi connectivity index (χ3v) is 3.23. The fraction of sp³-hybridized carbons (Fsp3) is 0.833. The van der Waals surface area contributed by atoms with Crippen LogP contribution in [0.3, 0.4) is 0 Å². The number of carboxylic acid groups (broad SMARTS) is 1. The maximum Gasteiger partial charge on any atom is 0.317 e. The molecule has 1 aliphatic rings. The lowest BCUT2D eigenvalue weighted by Crippen LogP contribution is -2.50. The van der Waals surface area contributed by atoms with Crippen LogP contribution in [0, 0.1) is 5.92 Å². The molecule has 0 radical (unpaired) electrons. The molecule has 2 amide bonds. The molecule has 2 atom stereocenters. The van der Waals surface area contributed by atoms with E-state index < -0.39 is 11.9 Å². The summed E-state index contributed by atoms with van der Waals surface area (Å²) in [5.74, 6) is -1.36. The van der Waals surface area contributed by atoms with Crippen LogP contribution in [0.15, 0.2) is 0 Å². The molecule has 0 bridgehead atoms. The highest BCUT2D eigenvalue weighted by Gasteiger charge is 2.23. The molecule has 1 heterocycles.